The second kappa shape index (κ2) is 22.2. The Morgan fingerprint density at radius 3 is 1.83 bits per heavy atom. The van der Waals surface area contributed by atoms with Gasteiger partial charge in [-0.2, -0.15) is 0 Å². The summed E-state index contributed by atoms with van der Waals surface area (Å²) in [4.78, 5) is 50.9. The molecule has 12 nitrogen and oxygen atoms in total. The van der Waals surface area contributed by atoms with Crippen LogP contribution in [0.2, 0.25) is 0 Å². The van der Waals surface area contributed by atoms with Crippen molar-refractivity contribution in [1.29, 1.82) is 0 Å². The van der Waals surface area contributed by atoms with Crippen molar-refractivity contribution in [2.24, 2.45) is 52.3 Å². The molecule has 13 heteroatoms. The summed E-state index contributed by atoms with van der Waals surface area (Å²) in [6, 6.07) is 27.9. The standard InChI is InChI=1S/C53H69O12P/c1-36(19-23-47(55)61-31-37-13-7-4-8-14-37)43-21-22-44-50-45(26-28-53(43,44)3)52(2)27-25-42(29-41(52)30-46(50)54)65-49(57)34-62-48(56)24-20-40(51(58)59)35-66(60,63-32-38-15-9-5-10-16-38)64-33-39-17-11-6-12-18-39/h4-18,36,40-46,50,54H,19-35H2,1-3H3,(H,58,59)/t36-,40?,41?,42-,43-,44?,45?,46+,50?,52+,53-/m1/s1. The van der Waals surface area contributed by atoms with Gasteiger partial charge in [0.1, 0.15) is 12.7 Å². The third-order valence-corrected chi connectivity index (χ3v) is 18.1. The van der Waals surface area contributed by atoms with Crippen molar-refractivity contribution < 1.29 is 57.2 Å². The minimum Gasteiger partial charge on any atom is -0.481 e. The molecule has 0 heterocycles. The van der Waals surface area contributed by atoms with Gasteiger partial charge in [0, 0.05) is 12.8 Å². The van der Waals surface area contributed by atoms with E-state index in [0.717, 1.165) is 55.2 Å². The molecule has 0 aliphatic heterocycles. The van der Waals surface area contributed by atoms with E-state index in [1.54, 1.807) is 24.3 Å². The normalized spacial score (nSPS) is 29.0. The molecule has 4 fully saturated rings. The molecule has 3 aromatic rings. The highest BCUT2D eigenvalue weighted by molar-refractivity contribution is 7.53. The molecule has 5 unspecified atom stereocenters. The number of carbonyl (C=O) groups is 4. The number of hydrogen-bond acceptors (Lipinski definition) is 11. The number of hydrogen-bond donors (Lipinski definition) is 2. The Hall–Kier alpha value is -4.35. The largest absolute Gasteiger partial charge is 0.481 e. The number of aliphatic carboxylic acids is 1. The second-order valence-corrected chi connectivity index (χ2v) is 22.2. The predicted octanol–water partition coefficient (Wildman–Crippen LogP) is 10.3. The van der Waals surface area contributed by atoms with Gasteiger partial charge in [0.2, 0.25) is 0 Å². The van der Waals surface area contributed by atoms with Gasteiger partial charge in [-0.15, -0.1) is 0 Å². The van der Waals surface area contributed by atoms with Gasteiger partial charge in [-0.05, 0) is 127 Å². The van der Waals surface area contributed by atoms with E-state index in [2.05, 4.69) is 20.8 Å². The van der Waals surface area contributed by atoms with Crippen LogP contribution in [0.25, 0.3) is 0 Å². The van der Waals surface area contributed by atoms with E-state index < -0.39 is 50.3 Å². The highest BCUT2D eigenvalue weighted by Gasteiger charge is 2.63. The lowest BCUT2D eigenvalue weighted by Crippen LogP contribution is -2.58. The van der Waals surface area contributed by atoms with E-state index in [1.807, 2.05) is 66.7 Å². The molecule has 2 N–H and O–H groups in total. The molecule has 0 aromatic heterocycles. The molecule has 0 amide bonds. The molecule has 0 bridgehead atoms. The highest BCUT2D eigenvalue weighted by atomic mass is 31.2. The number of esters is 3. The van der Waals surface area contributed by atoms with E-state index in [1.165, 1.54) is 0 Å². The van der Waals surface area contributed by atoms with E-state index >= 15 is 0 Å². The minimum absolute atomic E-state index is 0.0105. The quantitative estimate of drug-likeness (QED) is 0.0589. The highest BCUT2D eigenvalue weighted by Crippen LogP contribution is 2.68. The summed E-state index contributed by atoms with van der Waals surface area (Å²) in [6.45, 7) is 6.70. The average molecular weight is 929 g/mol. The zero-order valence-corrected chi connectivity index (χ0v) is 39.7. The monoisotopic (exact) mass is 928 g/mol. The number of carboxylic acids is 1. The maximum absolute atomic E-state index is 14.0. The third-order valence-electron chi connectivity index (χ3n) is 16.1. The van der Waals surface area contributed by atoms with Crippen LogP contribution in [-0.2, 0) is 66.8 Å². The van der Waals surface area contributed by atoms with Crippen LogP contribution in [0, 0.1) is 52.3 Å². The average Bonchev–Trinajstić information content (AvgIpc) is 3.68. The lowest BCUT2D eigenvalue weighted by molar-refractivity contribution is -0.185. The fraction of sp³-hybridized carbons (Fsp3) is 0.585. The van der Waals surface area contributed by atoms with Gasteiger partial charge in [-0.3, -0.25) is 18.9 Å². The van der Waals surface area contributed by atoms with E-state index in [4.69, 9.17) is 23.3 Å². The Morgan fingerprint density at radius 1 is 0.682 bits per heavy atom. The van der Waals surface area contributed by atoms with Gasteiger partial charge in [0.05, 0.1) is 31.4 Å². The van der Waals surface area contributed by atoms with Crippen molar-refractivity contribution in [3.8, 4) is 0 Å². The summed E-state index contributed by atoms with van der Waals surface area (Å²) in [6.07, 6.45) is 6.63. The molecule has 4 aliphatic carbocycles. The number of aliphatic hydroxyl groups is 1. The van der Waals surface area contributed by atoms with Crippen molar-refractivity contribution in [1.82, 2.24) is 0 Å². The Labute approximate surface area is 390 Å². The third kappa shape index (κ3) is 12.2. The van der Waals surface area contributed by atoms with Crippen LogP contribution in [0.4, 0.5) is 0 Å². The molecule has 3 aromatic carbocycles. The van der Waals surface area contributed by atoms with Gasteiger partial charge < -0.3 is 33.5 Å². The Bertz CT molecular complexity index is 2090. The Morgan fingerprint density at radius 2 is 1.23 bits per heavy atom. The first-order valence-corrected chi connectivity index (χ1v) is 25.8. The molecule has 0 radical (unpaired) electrons. The SMILES string of the molecule is C[C@H](CCC(=O)OCc1ccccc1)[C@H]1CCC2C3C(CC[C@@]21C)[C@@]1(C)CC[C@@H](OC(=O)COC(=O)CCC(CP(=O)(OCc2ccccc2)OCc2ccccc2)C(=O)O)CC1C[C@@H]3O. The number of ether oxygens (including phenoxy) is 3. The zero-order chi connectivity index (χ0) is 46.9. The first kappa shape index (κ1) is 49.6. The molecule has 0 saturated heterocycles. The molecule has 4 saturated carbocycles. The van der Waals surface area contributed by atoms with Gasteiger partial charge in [0.15, 0.2) is 6.61 Å². The van der Waals surface area contributed by atoms with Gasteiger partial charge >= 0.3 is 31.5 Å². The summed E-state index contributed by atoms with van der Waals surface area (Å²) in [5.74, 6) is -2.04. The summed E-state index contributed by atoms with van der Waals surface area (Å²) >= 11 is 0. The van der Waals surface area contributed by atoms with Crippen molar-refractivity contribution in [3.63, 3.8) is 0 Å². The minimum atomic E-state index is -3.96. The number of rotatable bonds is 21. The van der Waals surface area contributed by atoms with Crippen LogP contribution in [0.15, 0.2) is 91.0 Å². The van der Waals surface area contributed by atoms with Crippen LogP contribution in [-0.4, -0.2) is 59.1 Å². The number of carbonyl (C=O) groups excluding carboxylic acids is 3. The number of carboxylic acid groups (broad SMARTS) is 1. The van der Waals surface area contributed by atoms with E-state index in [-0.39, 0.29) is 60.8 Å². The molecule has 11 atom stereocenters. The number of aliphatic hydroxyl groups excluding tert-OH is 1. The molecule has 7 rings (SSSR count). The zero-order valence-electron chi connectivity index (χ0n) is 38.8. The Balaban J connectivity index is 0.859. The van der Waals surface area contributed by atoms with Gasteiger partial charge in [-0.25, -0.2) is 4.79 Å². The fourth-order valence-corrected chi connectivity index (χ4v) is 14.4. The van der Waals surface area contributed by atoms with E-state index in [9.17, 15) is 34.0 Å². The molecular weight excluding hydrogens is 860 g/mol. The first-order valence-electron chi connectivity index (χ1n) is 24.1. The Kier molecular flexibility index (Phi) is 16.6. The van der Waals surface area contributed by atoms with Crippen LogP contribution >= 0.6 is 7.60 Å². The smallest absolute Gasteiger partial charge is 0.344 e. The van der Waals surface area contributed by atoms with Crippen LogP contribution < -0.4 is 0 Å². The lowest BCUT2D eigenvalue weighted by Gasteiger charge is -2.62. The molecule has 66 heavy (non-hydrogen) atoms. The molecule has 0 spiro atoms. The first-order chi connectivity index (χ1) is 31.7. The van der Waals surface area contributed by atoms with Crippen molar-refractivity contribution >= 4 is 31.5 Å². The molecule has 358 valence electrons. The van der Waals surface area contributed by atoms with Gasteiger partial charge in [0.25, 0.3) is 0 Å². The summed E-state index contributed by atoms with van der Waals surface area (Å²) in [5.41, 5.74) is 2.58. The number of benzene rings is 3. The maximum Gasteiger partial charge on any atom is 0.344 e. The van der Waals surface area contributed by atoms with Crippen LogP contribution in [0.3, 0.4) is 0 Å². The summed E-state index contributed by atoms with van der Waals surface area (Å²) in [7, 11) is -3.96. The van der Waals surface area contributed by atoms with Crippen molar-refractivity contribution in [2.45, 2.75) is 130 Å². The summed E-state index contributed by atoms with van der Waals surface area (Å²) in [5, 5.41) is 22.0. The molecule has 4 aliphatic rings. The van der Waals surface area contributed by atoms with Crippen LogP contribution in [0.5, 0.6) is 0 Å². The second-order valence-electron chi connectivity index (χ2n) is 20.1. The maximum atomic E-state index is 14.0. The van der Waals surface area contributed by atoms with Crippen molar-refractivity contribution in [3.05, 3.63) is 108 Å². The van der Waals surface area contributed by atoms with E-state index in [0.29, 0.717) is 56.0 Å². The number of fused-ring (bicyclic) bond motifs is 5. The van der Waals surface area contributed by atoms with Crippen molar-refractivity contribution in [2.75, 3.05) is 12.8 Å². The van der Waals surface area contributed by atoms with Gasteiger partial charge in [-0.1, -0.05) is 112 Å². The topological polar surface area (TPSA) is 172 Å². The summed E-state index contributed by atoms with van der Waals surface area (Å²) < 4.78 is 42.2. The van der Waals surface area contributed by atoms with Crippen LogP contribution in [0.1, 0.15) is 115 Å². The predicted molar refractivity (Wildman–Crippen MR) is 247 cm³/mol. The lowest BCUT2D eigenvalue weighted by atomic mass is 9.43. The fourth-order valence-electron chi connectivity index (χ4n) is 12.5. The molecular formula is C53H69O12P.